The van der Waals surface area contributed by atoms with Gasteiger partial charge in [0.25, 0.3) is 0 Å². The lowest BCUT2D eigenvalue weighted by Gasteiger charge is -2.35. The maximum absolute atomic E-state index is 13.0. The molecule has 1 aromatic heterocycles. The zero-order valence-electron chi connectivity index (χ0n) is 17.1. The SMILES string of the molecule is COc1ccc(Nc2nccc(C3CCCN(C(=O)C4CCCCC4)C3)n2)cc1. The lowest BCUT2D eigenvalue weighted by molar-refractivity contribution is -0.137. The summed E-state index contributed by atoms with van der Waals surface area (Å²) in [5.74, 6) is 2.27. The molecule has 1 N–H and O–H groups in total. The van der Waals surface area contributed by atoms with E-state index in [1.165, 1.54) is 19.3 Å². The molecule has 1 aliphatic carbocycles. The van der Waals surface area contributed by atoms with Gasteiger partial charge in [-0.25, -0.2) is 9.97 Å². The van der Waals surface area contributed by atoms with Gasteiger partial charge < -0.3 is 15.0 Å². The van der Waals surface area contributed by atoms with Gasteiger partial charge in [0.05, 0.1) is 12.8 Å². The van der Waals surface area contributed by atoms with Crippen molar-refractivity contribution in [2.24, 2.45) is 5.92 Å². The van der Waals surface area contributed by atoms with E-state index in [-0.39, 0.29) is 11.8 Å². The number of hydrogen-bond acceptors (Lipinski definition) is 5. The Morgan fingerprint density at radius 1 is 1.07 bits per heavy atom. The molecule has 6 nitrogen and oxygen atoms in total. The fraction of sp³-hybridized carbons (Fsp3) is 0.522. The minimum atomic E-state index is 0.236. The van der Waals surface area contributed by atoms with Crippen LogP contribution >= 0.6 is 0 Å². The van der Waals surface area contributed by atoms with Crippen LogP contribution in [0, 0.1) is 5.92 Å². The van der Waals surface area contributed by atoms with Gasteiger partial charge in [-0.05, 0) is 56.0 Å². The fourth-order valence-electron chi connectivity index (χ4n) is 4.49. The number of benzene rings is 1. The highest BCUT2D eigenvalue weighted by Crippen LogP contribution is 2.30. The minimum Gasteiger partial charge on any atom is -0.497 e. The van der Waals surface area contributed by atoms with Crippen molar-refractivity contribution < 1.29 is 9.53 Å². The van der Waals surface area contributed by atoms with E-state index in [2.05, 4.69) is 15.2 Å². The van der Waals surface area contributed by atoms with Crippen LogP contribution in [0.3, 0.4) is 0 Å². The number of ether oxygens (including phenoxy) is 1. The molecule has 2 aliphatic rings. The average Bonchev–Trinajstić information content (AvgIpc) is 2.80. The van der Waals surface area contributed by atoms with Crippen molar-refractivity contribution in [1.82, 2.24) is 14.9 Å². The number of rotatable bonds is 5. The first kappa shape index (κ1) is 19.7. The molecule has 1 saturated heterocycles. The van der Waals surface area contributed by atoms with E-state index in [9.17, 15) is 4.79 Å². The number of nitrogens with zero attached hydrogens (tertiary/aromatic N) is 3. The summed E-state index contributed by atoms with van der Waals surface area (Å²) < 4.78 is 5.20. The molecule has 1 unspecified atom stereocenters. The van der Waals surface area contributed by atoms with Crippen LogP contribution in [0.15, 0.2) is 36.5 Å². The van der Waals surface area contributed by atoms with Gasteiger partial charge in [-0.3, -0.25) is 4.79 Å². The predicted octanol–water partition coefficient (Wildman–Crippen LogP) is 4.52. The Kier molecular flexibility index (Phi) is 6.27. The smallest absolute Gasteiger partial charge is 0.227 e. The Bertz CT molecular complexity index is 818. The van der Waals surface area contributed by atoms with E-state index in [1.54, 1.807) is 13.3 Å². The zero-order chi connectivity index (χ0) is 20.1. The zero-order valence-corrected chi connectivity index (χ0v) is 17.1. The lowest BCUT2D eigenvalue weighted by Crippen LogP contribution is -2.43. The van der Waals surface area contributed by atoms with Crippen LogP contribution in [0.25, 0.3) is 0 Å². The van der Waals surface area contributed by atoms with Gasteiger partial charge in [0.1, 0.15) is 5.75 Å². The van der Waals surface area contributed by atoms with Crippen molar-refractivity contribution in [1.29, 1.82) is 0 Å². The Morgan fingerprint density at radius 3 is 2.62 bits per heavy atom. The van der Waals surface area contributed by atoms with E-state index in [1.807, 2.05) is 30.3 Å². The number of piperidine rings is 1. The van der Waals surface area contributed by atoms with Gasteiger partial charge in [-0.1, -0.05) is 19.3 Å². The van der Waals surface area contributed by atoms with Crippen LogP contribution in [0.5, 0.6) is 5.75 Å². The van der Waals surface area contributed by atoms with Gasteiger partial charge in [0, 0.05) is 36.8 Å². The fourth-order valence-corrected chi connectivity index (χ4v) is 4.49. The average molecular weight is 395 g/mol. The number of carbonyl (C=O) groups is 1. The molecule has 2 fully saturated rings. The predicted molar refractivity (Wildman–Crippen MR) is 113 cm³/mol. The highest BCUT2D eigenvalue weighted by molar-refractivity contribution is 5.79. The first-order chi connectivity index (χ1) is 14.2. The summed E-state index contributed by atoms with van der Waals surface area (Å²) in [5, 5.41) is 3.26. The molecule has 2 aromatic rings. The molecule has 2 heterocycles. The molecular formula is C23H30N4O2. The van der Waals surface area contributed by atoms with Crippen molar-refractivity contribution in [3.63, 3.8) is 0 Å². The first-order valence-electron chi connectivity index (χ1n) is 10.8. The summed E-state index contributed by atoms with van der Waals surface area (Å²) in [7, 11) is 1.65. The van der Waals surface area contributed by atoms with Gasteiger partial charge in [-0.2, -0.15) is 0 Å². The van der Waals surface area contributed by atoms with E-state index in [4.69, 9.17) is 9.72 Å². The largest absolute Gasteiger partial charge is 0.497 e. The molecule has 1 amide bonds. The molecule has 0 bridgehead atoms. The molecule has 1 aliphatic heterocycles. The molecule has 0 radical (unpaired) electrons. The summed E-state index contributed by atoms with van der Waals surface area (Å²) in [4.78, 5) is 24.2. The van der Waals surface area contributed by atoms with Gasteiger partial charge >= 0.3 is 0 Å². The van der Waals surface area contributed by atoms with Gasteiger partial charge in [0.15, 0.2) is 0 Å². The Balaban J connectivity index is 1.42. The molecule has 6 heteroatoms. The third-order valence-corrected chi connectivity index (χ3v) is 6.13. The highest BCUT2D eigenvalue weighted by Gasteiger charge is 2.30. The van der Waals surface area contributed by atoms with E-state index in [0.29, 0.717) is 11.9 Å². The van der Waals surface area contributed by atoms with Crippen molar-refractivity contribution in [3.8, 4) is 5.75 Å². The maximum Gasteiger partial charge on any atom is 0.227 e. The third kappa shape index (κ3) is 4.86. The van der Waals surface area contributed by atoms with Gasteiger partial charge in [-0.15, -0.1) is 0 Å². The maximum atomic E-state index is 13.0. The van der Waals surface area contributed by atoms with Crippen molar-refractivity contribution in [2.75, 3.05) is 25.5 Å². The summed E-state index contributed by atoms with van der Waals surface area (Å²) >= 11 is 0. The molecule has 154 valence electrons. The molecule has 0 spiro atoms. The van der Waals surface area contributed by atoms with Gasteiger partial charge in [0.2, 0.25) is 11.9 Å². The van der Waals surface area contributed by atoms with Crippen LogP contribution in [0.1, 0.15) is 56.6 Å². The lowest BCUT2D eigenvalue weighted by atomic mass is 9.87. The molecule has 1 aromatic carbocycles. The Labute approximate surface area is 172 Å². The van der Waals surface area contributed by atoms with Crippen molar-refractivity contribution >= 4 is 17.5 Å². The molecule has 29 heavy (non-hydrogen) atoms. The Morgan fingerprint density at radius 2 is 1.86 bits per heavy atom. The number of aromatic nitrogens is 2. The summed E-state index contributed by atoms with van der Waals surface area (Å²) in [5.41, 5.74) is 1.93. The highest BCUT2D eigenvalue weighted by atomic mass is 16.5. The topological polar surface area (TPSA) is 67.3 Å². The number of likely N-dealkylation sites (tertiary alicyclic amines) is 1. The number of methoxy groups -OCH3 is 1. The summed E-state index contributed by atoms with van der Waals surface area (Å²) in [6.45, 7) is 1.65. The second-order valence-corrected chi connectivity index (χ2v) is 8.12. The number of anilines is 2. The monoisotopic (exact) mass is 394 g/mol. The van der Waals surface area contributed by atoms with E-state index in [0.717, 1.165) is 55.9 Å². The van der Waals surface area contributed by atoms with Crippen molar-refractivity contribution in [2.45, 2.75) is 50.9 Å². The third-order valence-electron chi connectivity index (χ3n) is 6.13. The van der Waals surface area contributed by atoms with Crippen LogP contribution in [-0.2, 0) is 4.79 Å². The molecule has 1 atom stereocenters. The standard InChI is InChI=1S/C23H30N4O2/c1-29-20-11-9-19(10-12-20)25-23-24-14-13-21(26-23)18-8-5-15-27(16-18)22(28)17-6-3-2-4-7-17/h9-14,17-18H,2-8,15-16H2,1H3,(H,24,25,26). The van der Waals surface area contributed by atoms with E-state index < -0.39 is 0 Å². The first-order valence-corrected chi connectivity index (χ1v) is 10.8. The van der Waals surface area contributed by atoms with Crippen LogP contribution in [0.2, 0.25) is 0 Å². The van der Waals surface area contributed by atoms with Crippen LogP contribution < -0.4 is 10.1 Å². The second-order valence-electron chi connectivity index (χ2n) is 8.12. The van der Waals surface area contributed by atoms with Crippen LogP contribution in [-0.4, -0.2) is 41.0 Å². The van der Waals surface area contributed by atoms with E-state index >= 15 is 0 Å². The van der Waals surface area contributed by atoms with Crippen LogP contribution in [0.4, 0.5) is 11.6 Å². The number of carbonyl (C=O) groups excluding carboxylic acids is 1. The number of amides is 1. The second kappa shape index (κ2) is 9.25. The Hall–Kier alpha value is -2.63. The number of nitrogens with one attached hydrogen (secondary N) is 1. The quantitative estimate of drug-likeness (QED) is 0.808. The van der Waals surface area contributed by atoms with Crippen molar-refractivity contribution in [3.05, 3.63) is 42.2 Å². The molecule has 4 rings (SSSR count). The minimum absolute atomic E-state index is 0.236. The number of hydrogen-bond donors (Lipinski definition) is 1. The summed E-state index contributed by atoms with van der Waals surface area (Å²) in [6.07, 6.45) is 9.68. The normalized spacial score (nSPS) is 20.3. The molecular weight excluding hydrogens is 364 g/mol. The molecule has 1 saturated carbocycles. The summed E-state index contributed by atoms with van der Waals surface area (Å²) in [6, 6.07) is 9.68.